The lowest BCUT2D eigenvalue weighted by molar-refractivity contribution is 0.414. The Hall–Kier alpha value is -1.28. The Bertz CT molecular complexity index is 318. The van der Waals surface area contributed by atoms with Gasteiger partial charge in [-0.1, -0.05) is 18.2 Å². The maximum atomic E-state index is 5.14. The quantitative estimate of drug-likeness (QED) is 0.550. The molecule has 0 saturated heterocycles. The largest absolute Gasteiger partial charge is 0.497 e. The molecular weight excluding hydrogens is 210 g/mol. The molecule has 0 aliphatic carbocycles. The Kier molecular flexibility index (Phi) is 6.41. The predicted molar refractivity (Wildman–Crippen MR) is 73.6 cm³/mol. The van der Waals surface area contributed by atoms with Crippen LogP contribution < -0.4 is 10.1 Å². The van der Waals surface area contributed by atoms with Crippen LogP contribution >= 0.6 is 0 Å². The molecule has 2 nitrogen and oxygen atoms in total. The Balaban J connectivity index is 2.26. The van der Waals surface area contributed by atoms with Gasteiger partial charge < -0.3 is 10.1 Å². The van der Waals surface area contributed by atoms with E-state index in [4.69, 9.17) is 4.74 Å². The summed E-state index contributed by atoms with van der Waals surface area (Å²) in [6.07, 6.45) is 5.24. The van der Waals surface area contributed by atoms with E-state index < -0.39 is 0 Å². The summed E-state index contributed by atoms with van der Waals surface area (Å²) in [6.45, 7) is 6.97. The van der Waals surface area contributed by atoms with Crippen molar-refractivity contribution in [3.8, 4) is 5.75 Å². The molecule has 0 heterocycles. The van der Waals surface area contributed by atoms with E-state index in [2.05, 4.69) is 31.0 Å². The lowest BCUT2D eigenvalue weighted by atomic mass is 10.1. The van der Waals surface area contributed by atoms with Gasteiger partial charge in [0.2, 0.25) is 0 Å². The zero-order valence-electron chi connectivity index (χ0n) is 10.9. The summed E-state index contributed by atoms with van der Waals surface area (Å²) in [5, 5.41) is 3.48. The number of benzene rings is 1. The maximum Gasteiger partial charge on any atom is 0.118 e. The van der Waals surface area contributed by atoms with Crippen LogP contribution in [-0.2, 0) is 6.42 Å². The molecule has 0 saturated carbocycles. The van der Waals surface area contributed by atoms with Gasteiger partial charge in [0.15, 0.2) is 0 Å². The van der Waals surface area contributed by atoms with Crippen LogP contribution in [0.3, 0.4) is 0 Å². The fraction of sp³-hybridized carbons (Fsp3) is 0.467. The second-order valence-corrected chi connectivity index (χ2v) is 4.32. The topological polar surface area (TPSA) is 21.3 Å². The molecule has 1 rings (SSSR count). The number of hydrogen-bond donors (Lipinski definition) is 1. The van der Waals surface area contributed by atoms with Crippen molar-refractivity contribution >= 4 is 0 Å². The summed E-state index contributed by atoms with van der Waals surface area (Å²) in [4.78, 5) is 0. The fourth-order valence-electron chi connectivity index (χ4n) is 1.71. The van der Waals surface area contributed by atoms with Gasteiger partial charge in [-0.2, -0.15) is 0 Å². The highest BCUT2D eigenvalue weighted by Gasteiger charge is 2.01. The molecule has 1 aromatic rings. The number of nitrogens with one attached hydrogen (secondary N) is 1. The van der Waals surface area contributed by atoms with Gasteiger partial charge in [0, 0.05) is 6.04 Å². The average Bonchev–Trinajstić information content (AvgIpc) is 2.37. The van der Waals surface area contributed by atoms with Crippen molar-refractivity contribution in [2.75, 3.05) is 13.7 Å². The fourth-order valence-corrected chi connectivity index (χ4v) is 1.71. The number of aryl methyl sites for hydroxylation is 1. The van der Waals surface area contributed by atoms with Crippen molar-refractivity contribution < 1.29 is 4.74 Å². The molecule has 0 amide bonds. The number of methoxy groups -OCH3 is 1. The van der Waals surface area contributed by atoms with Crippen molar-refractivity contribution in [2.24, 2.45) is 0 Å². The minimum atomic E-state index is 0.553. The molecule has 0 aliphatic rings. The molecule has 1 aromatic carbocycles. The predicted octanol–water partition coefficient (Wildman–Crippen LogP) is 3.18. The molecule has 0 aliphatic heterocycles. The van der Waals surface area contributed by atoms with E-state index in [1.165, 1.54) is 5.56 Å². The monoisotopic (exact) mass is 233 g/mol. The summed E-state index contributed by atoms with van der Waals surface area (Å²) >= 11 is 0. The maximum absolute atomic E-state index is 5.14. The second-order valence-electron chi connectivity index (χ2n) is 4.32. The molecule has 1 unspecified atom stereocenters. The second kappa shape index (κ2) is 7.91. The molecule has 0 radical (unpaired) electrons. The Morgan fingerprint density at radius 3 is 2.65 bits per heavy atom. The van der Waals surface area contributed by atoms with E-state index in [1.54, 1.807) is 7.11 Å². The Labute approximate surface area is 105 Å². The first-order valence-corrected chi connectivity index (χ1v) is 6.23. The van der Waals surface area contributed by atoms with Crippen LogP contribution in [0.4, 0.5) is 0 Å². The molecule has 1 N–H and O–H groups in total. The third kappa shape index (κ3) is 5.55. The molecule has 2 heteroatoms. The number of rotatable bonds is 8. The van der Waals surface area contributed by atoms with E-state index in [1.807, 2.05) is 18.2 Å². The molecular formula is C15H23NO. The van der Waals surface area contributed by atoms with Gasteiger partial charge in [-0.3, -0.25) is 0 Å². The van der Waals surface area contributed by atoms with Crippen LogP contribution in [0.2, 0.25) is 0 Å². The number of hydrogen-bond acceptors (Lipinski definition) is 2. The highest BCUT2D eigenvalue weighted by Crippen LogP contribution is 2.13. The normalized spacial score (nSPS) is 12.1. The van der Waals surface area contributed by atoms with Crippen molar-refractivity contribution in [3.05, 3.63) is 42.5 Å². The third-order valence-electron chi connectivity index (χ3n) is 2.87. The summed E-state index contributed by atoms with van der Waals surface area (Å²) in [7, 11) is 1.70. The molecule has 0 spiro atoms. The first kappa shape index (κ1) is 13.8. The van der Waals surface area contributed by atoms with Gasteiger partial charge in [0.25, 0.3) is 0 Å². The van der Waals surface area contributed by atoms with Crippen LogP contribution in [0.25, 0.3) is 0 Å². The standard InChI is InChI=1S/C15H23NO/c1-4-5-12-16-13(2)6-7-14-8-10-15(17-3)11-9-14/h4,8-11,13,16H,1,5-7,12H2,2-3H3. The van der Waals surface area contributed by atoms with Crippen LogP contribution in [0.1, 0.15) is 25.3 Å². The summed E-state index contributed by atoms with van der Waals surface area (Å²) in [6, 6.07) is 8.86. The zero-order chi connectivity index (χ0) is 12.5. The van der Waals surface area contributed by atoms with Crippen LogP contribution in [0.5, 0.6) is 5.75 Å². The first-order chi connectivity index (χ1) is 8.26. The van der Waals surface area contributed by atoms with Gasteiger partial charge in [-0.15, -0.1) is 6.58 Å². The van der Waals surface area contributed by atoms with Gasteiger partial charge in [-0.05, 0) is 50.4 Å². The highest BCUT2D eigenvalue weighted by atomic mass is 16.5. The van der Waals surface area contributed by atoms with E-state index in [0.717, 1.165) is 31.6 Å². The van der Waals surface area contributed by atoms with E-state index in [-0.39, 0.29) is 0 Å². The number of ether oxygens (including phenoxy) is 1. The summed E-state index contributed by atoms with van der Waals surface area (Å²) in [5.41, 5.74) is 1.36. The van der Waals surface area contributed by atoms with Crippen molar-refractivity contribution in [3.63, 3.8) is 0 Å². The smallest absolute Gasteiger partial charge is 0.118 e. The van der Waals surface area contributed by atoms with E-state index in [0.29, 0.717) is 6.04 Å². The molecule has 94 valence electrons. The molecule has 0 fully saturated rings. The SMILES string of the molecule is C=CCCNC(C)CCc1ccc(OC)cc1. The zero-order valence-corrected chi connectivity index (χ0v) is 10.9. The molecule has 0 bridgehead atoms. The summed E-state index contributed by atoms with van der Waals surface area (Å²) in [5.74, 6) is 0.922. The van der Waals surface area contributed by atoms with Crippen LogP contribution in [-0.4, -0.2) is 19.7 Å². The van der Waals surface area contributed by atoms with Gasteiger partial charge in [-0.25, -0.2) is 0 Å². The van der Waals surface area contributed by atoms with E-state index >= 15 is 0 Å². The third-order valence-corrected chi connectivity index (χ3v) is 2.87. The van der Waals surface area contributed by atoms with Crippen LogP contribution in [0.15, 0.2) is 36.9 Å². The van der Waals surface area contributed by atoms with E-state index in [9.17, 15) is 0 Å². The van der Waals surface area contributed by atoms with Crippen molar-refractivity contribution in [1.29, 1.82) is 0 Å². The van der Waals surface area contributed by atoms with Gasteiger partial charge in [0.05, 0.1) is 7.11 Å². The lowest BCUT2D eigenvalue weighted by Crippen LogP contribution is -2.27. The minimum absolute atomic E-state index is 0.553. The van der Waals surface area contributed by atoms with Crippen LogP contribution in [0, 0.1) is 0 Å². The van der Waals surface area contributed by atoms with Gasteiger partial charge >= 0.3 is 0 Å². The molecule has 1 atom stereocenters. The van der Waals surface area contributed by atoms with Gasteiger partial charge in [0.1, 0.15) is 5.75 Å². The Morgan fingerprint density at radius 2 is 2.06 bits per heavy atom. The Morgan fingerprint density at radius 1 is 1.35 bits per heavy atom. The van der Waals surface area contributed by atoms with Crippen molar-refractivity contribution in [1.82, 2.24) is 5.32 Å². The minimum Gasteiger partial charge on any atom is -0.497 e. The lowest BCUT2D eigenvalue weighted by Gasteiger charge is -2.13. The highest BCUT2D eigenvalue weighted by molar-refractivity contribution is 5.27. The average molecular weight is 233 g/mol. The molecule has 0 aromatic heterocycles. The van der Waals surface area contributed by atoms with Crippen molar-refractivity contribution in [2.45, 2.75) is 32.2 Å². The molecule has 17 heavy (non-hydrogen) atoms. The summed E-state index contributed by atoms with van der Waals surface area (Å²) < 4.78 is 5.14. The first-order valence-electron chi connectivity index (χ1n) is 6.23.